The lowest BCUT2D eigenvalue weighted by molar-refractivity contribution is 0.355. The molecule has 1 saturated carbocycles. The van der Waals surface area contributed by atoms with Crippen LogP contribution in [0.15, 0.2) is 18.2 Å². The van der Waals surface area contributed by atoms with Gasteiger partial charge in [0.2, 0.25) is 0 Å². The molecule has 1 fully saturated rings. The van der Waals surface area contributed by atoms with E-state index >= 15 is 0 Å². The molecule has 0 saturated heterocycles. The molecule has 19 heavy (non-hydrogen) atoms. The normalized spacial score (nSPS) is 14.4. The second kappa shape index (κ2) is 4.74. The zero-order valence-electron chi connectivity index (χ0n) is 11.0. The smallest absolute Gasteiger partial charge is 0.161 e. The molecule has 0 atom stereocenters. The van der Waals surface area contributed by atoms with Gasteiger partial charge in [0.1, 0.15) is 10.7 Å². The van der Waals surface area contributed by atoms with Gasteiger partial charge in [-0.3, -0.25) is 0 Å². The number of rotatable bonds is 4. The first kappa shape index (κ1) is 12.3. The Balaban J connectivity index is 2.01. The molecule has 0 bridgehead atoms. The molecular weight excluding hydrogens is 260 g/mol. The van der Waals surface area contributed by atoms with E-state index in [0.29, 0.717) is 17.4 Å². The number of ether oxygens (including phenoxy) is 2. The number of hydrogen-bond acceptors (Lipinski definition) is 5. The van der Waals surface area contributed by atoms with E-state index in [1.165, 1.54) is 12.8 Å². The Hall–Kier alpha value is -1.75. The molecular formula is C14H16N2O2S. The van der Waals surface area contributed by atoms with Crippen LogP contribution in [0.25, 0.3) is 11.3 Å². The summed E-state index contributed by atoms with van der Waals surface area (Å²) >= 11 is 1.60. The van der Waals surface area contributed by atoms with E-state index in [-0.39, 0.29) is 0 Å². The summed E-state index contributed by atoms with van der Waals surface area (Å²) in [7, 11) is 3.25. The molecule has 100 valence electrons. The molecule has 5 heteroatoms. The van der Waals surface area contributed by atoms with Crippen LogP contribution >= 0.6 is 11.3 Å². The highest BCUT2D eigenvalue weighted by Crippen LogP contribution is 2.45. The van der Waals surface area contributed by atoms with Crippen molar-refractivity contribution in [1.82, 2.24) is 4.98 Å². The molecule has 0 aliphatic heterocycles. The van der Waals surface area contributed by atoms with Gasteiger partial charge in [-0.15, -0.1) is 11.3 Å². The number of nitrogens with two attached hydrogens (primary N) is 1. The van der Waals surface area contributed by atoms with Gasteiger partial charge in [0, 0.05) is 11.5 Å². The largest absolute Gasteiger partial charge is 0.493 e. The second-order valence-electron chi connectivity index (χ2n) is 4.61. The molecule has 1 aliphatic carbocycles. The van der Waals surface area contributed by atoms with Crippen LogP contribution in [-0.4, -0.2) is 19.2 Å². The first-order valence-corrected chi connectivity index (χ1v) is 7.03. The predicted octanol–water partition coefficient (Wildman–Crippen LogP) is 3.29. The first-order chi connectivity index (χ1) is 9.22. The van der Waals surface area contributed by atoms with Crippen LogP contribution in [0, 0.1) is 0 Å². The van der Waals surface area contributed by atoms with Crippen molar-refractivity contribution in [3.05, 3.63) is 23.2 Å². The van der Waals surface area contributed by atoms with E-state index in [0.717, 1.165) is 21.3 Å². The number of anilines is 1. The summed E-state index contributed by atoms with van der Waals surface area (Å²) in [4.78, 5) is 4.67. The van der Waals surface area contributed by atoms with Gasteiger partial charge in [0.25, 0.3) is 0 Å². The van der Waals surface area contributed by atoms with Crippen molar-refractivity contribution in [3.63, 3.8) is 0 Å². The zero-order valence-corrected chi connectivity index (χ0v) is 11.8. The fourth-order valence-corrected chi connectivity index (χ4v) is 3.07. The summed E-state index contributed by atoms with van der Waals surface area (Å²) in [6.45, 7) is 0. The second-order valence-corrected chi connectivity index (χ2v) is 5.67. The van der Waals surface area contributed by atoms with Crippen LogP contribution in [0.4, 0.5) is 5.00 Å². The van der Waals surface area contributed by atoms with Gasteiger partial charge in [-0.05, 0) is 31.0 Å². The monoisotopic (exact) mass is 276 g/mol. The molecule has 0 radical (unpaired) electrons. The molecule has 0 spiro atoms. The van der Waals surface area contributed by atoms with E-state index < -0.39 is 0 Å². The minimum atomic E-state index is 0.626. The Bertz CT molecular complexity index is 605. The lowest BCUT2D eigenvalue weighted by Crippen LogP contribution is -1.92. The Morgan fingerprint density at radius 1 is 1.21 bits per heavy atom. The highest BCUT2D eigenvalue weighted by molar-refractivity contribution is 7.16. The molecule has 3 rings (SSSR count). The van der Waals surface area contributed by atoms with Gasteiger partial charge in [-0.1, -0.05) is 0 Å². The molecule has 0 amide bonds. The third-order valence-electron chi connectivity index (χ3n) is 3.25. The van der Waals surface area contributed by atoms with Gasteiger partial charge >= 0.3 is 0 Å². The molecule has 1 aromatic heterocycles. The molecule has 1 aliphatic rings. The standard InChI is InChI=1S/C14H16N2O2S/c1-17-10-6-5-9(7-11(10)18-2)12-13(15)19-14(16-12)8-3-4-8/h5-8H,3-4,15H2,1-2H3. The first-order valence-electron chi connectivity index (χ1n) is 6.21. The minimum Gasteiger partial charge on any atom is -0.493 e. The van der Waals surface area contributed by atoms with E-state index in [4.69, 9.17) is 15.2 Å². The van der Waals surface area contributed by atoms with Crippen LogP contribution in [0.1, 0.15) is 23.8 Å². The number of benzene rings is 1. The molecule has 0 unspecified atom stereocenters. The Morgan fingerprint density at radius 3 is 2.58 bits per heavy atom. The van der Waals surface area contributed by atoms with E-state index in [9.17, 15) is 0 Å². The van der Waals surface area contributed by atoms with Crippen molar-refractivity contribution in [2.45, 2.75) is 18.8 Å². The summed E-state index contributed by atoms with van der Waals surface area (Å²) in [5.41, 5.74) is 7.91. The lowest BCUT2D eigenvalue weighted by Gasteiger charge is -2.08. The summed E-state index contributed by atoms with van der Waals surface area (Å²) in [5.74, 6) is 2.03. The van der Waals surface area contributed by atoms with Crippen molar-refractivity contribution in [2.24, 2.45) is 0 Å². The van der Waals surface area contributed by atoms with Gasteiger partial charge in [-0.2, -0.15) is 0 Å². The minimum absolute atomic E-state index is 0.626. The van der Waals surface area contributed by atoms with Crippen LogP contribution in [0.2, 0.25) is 0 Å². The van der Waals surface area contributed by atoms with Crippen molar-refractivity contribution in [3.8, 4) is 22.8 Å². The summed E-state index contributed by atoms with van der Waals surface area (Å²) in [6.07, 6.45) is 2.47. The van der Waals surface area contributed by atoms with Crippen molar-refractivity contribution in [1.29, 1.82) is 0 Å². The third-order valence-corrected chi connectivity index (χ3v) is 4.30. The summed E-state index contributed by atoms with van der Waals surface area (Å²) < 4.78 is 10.6. The van der Waals surface area contributed by atoms with Crippen molar-refractivity contribution < 1.29 is 9.47 Å². The summed E-state index contributed by atoms with van der Waals surface area (Å²) in [6, 6.07) is 5.76. The van der Waals surface area contributed by atoms with Crippen LogP contribution in [0.5, 0.6) is 11.5 Å². The topological polar surface area (TPSA) is 57.4 Å². The molecule has 1 heterocycles. The lowest BCUT2D eigenvalue weighted by atomic mass is 10.1. The van der Waals surface area contributed by atoms with E-state index in [1.54, 1.807) is 25.6 Å². The maximum absolute atomic E-state index is 6.09. The number of hydrogen-bond donors (Lipinski definition) is 1. The van der Waals surface area contributed by atoms with Gasteiger partial charge < -0.3 is 15.2 Å². The van der Waals surface area contributed by atoms with Gasteiger partial charge in [0.05, 0.1) is 19.2 Å². The fraction of sp³-hybridized carbons (Fsp3) is 0.357. The highest BCUT2D eigenvalue weighted by Gasteiger charge is 2.28. The fourth-order valence-electron chi connectivity index (χ4n) is 2.04. The maximum Gasteiger partial charge on any atom is 0.161 e. The highest BCUT2D eigenvalue weighted by atomic mass is 32.1. The van der Waals surface area contributed by atoms with Crippen LogP contribution in [0.3, 0.4) is 0 Å². The average molecular weight is 276 g/mol. The van der Waals surface area contributed by atoms with Crippen molar-refractivity contribution >= 4 is 16.3 Å². The SMILES string of the molecule is COc1ccc(-c2nc(C3CC3)sc2N)cc1OC. The maximum atomic E-state index is 6.09. The van der Waals surface area contributed by atoms with Crippen LogP contribution in [-0.2, 0) is 0 Å². The summed E-state index contributed by atoms with van der Waals surface area (Å²) in [5, 5.41) is 1.93. The number of thiazole rings is 1. The Morgan fingerprint density at radius 2 is 1.95 bits per heavy atom. The number of nitrogens with zero attached hydrogens (tertiary/aromatic N) is 1. The molecule has 2 aromatic rings. The zero-order chi connectivity index (χ0) is 13.4. The van der Waals surface area contributed by atoms with E-state index in [1.807, 2.05) is 18.2 Å². The average Bonchev–Trinajstić information content (AvgIpc) is 3.21. The number of methoxy groups -OCH3 is 2. The quantitative estimate of drug-likeness (QED) is 0.931. The van der Waals surface area contributed by atoms with Crippen molar-refractivity contribution in [2.75, 3.05) is 20.0 Å². The van der Waals surface area contributed by atoms with Gasteiger partial charge in [-0.25, -0.2) is 4.98 Å². The Kier molecular flexibility index (Phi) is 3.06. The molecule has 4 nitrogen and oxygen atoms in total. The molecule has 2 N–H and O–H groups in total. The predicted molar refractivity (Wildman–Crippen MR) is 77.0 cm³/mol. The van der Waals surface area contributed by atoms with Crippen LogP contribution < -0.4 is 15.2 Å². The molecule has 1 aromatic carbocycles. The number of nitrogen functional groups attached to an aromatic ring is 1. The van der Waals surface area contributed by atoms with E-state index in [2.05, 4.69) is 4.98 Å². The Labute approximate surface area is 116 Å². The number of aromatic nitrogens is 1. The third kappa shape index (κ3) is 2.26. The van der Waals surface area contributed by atoms with Gasteiger partial charge in [0.15, 0.2) is 11.5 Å².